The van der Waals surface area contributed by atoms with Gasteiger partial charge < -0.3 is 18.9 Å². The van der Waals surface area contributed by atoms with E-state index in [0.29, 0.717) is 13.0 Å². The highest BCUT2D eigenvalue weighted by molar-refractivity contribution is 5.71. The Morgan fingerprint density at radius 3 is 2.68 bits per heavy atom. The highest BCUT2D eigenvalue weighted by Crippen LogP contribution is 2.45. The van der Waals surface area contributed by atoms with Crippen molar-refractivity contribution in [2.45, 2.75) is 58.2 Å². The molecule has 0 radical (unpaired) electrons. The minimum absolute atomic E-state index is 0.0118. The summed E-state index contributed by atoms with van der Waals surface area (Å²) in [6, 6.07) is 12.4. The number of carbonyl (C=O) groups excluding carboxylic acids is 1. The van der Waals surface area contributed by atoms with Gasteiger partial charge in [0.15, 0.2) is 0 Å². The first-order valence-electron chi connectivity index (χ1n) is 11.0. The summed E-state index contributed by atoms with van der Waals surface area (Å²) in [5.41, 5.74) is 4.92. The van der Waals surface area contributed by atoms with Crippen molar-refractivity contribution in [3.05, 3.63) is 58.7 Å². The van der Waals surface area contributed by atoms with Crippen LogP contribution in [0.15, 0.2) is 36.4 Å². The fourth-order valence-corrected chi connectivity index (χ4v) is 4.91. The molecule has 0 aromatic heterocycles. The van der Waals surface area contributed by atoms with Crippen LogP contribution in [0.1, 0.15) is 74.0 Å². The first kappa shape index (κ1) is 21.7. The van der Waals surface area contributed by atoms with Gasteiger partial charge in [-0.15, -0.1) is 0 Å². The zero-order chi connectivity index (χ0) is 22.2. The van der Waals surface area contributed by atoms with Gasteiger partial charge in [0.2, 0.25) is 0 Å². The van der Waals surface area contributed by atoms with E-state index >= 15 is 0 Å². The van der Waals surface area contributed by atoms with Gasteiger partial charge in [-0.25, -0.2) is 0 Å². The lowest BCUT2D eigenvalue weighted by Crippen LogP contribution is -2.21. The number of methoxy groups -OCH3 is 2. The van der Waals surface area contributed by atoms with Crippen molar-refractivity contribution in [1.82, 2.24) is 0 Å². The summed E-state index contributed by atoms with van der Waals surface area (Å²) in [7, 11) is 3.20. The number of ether oxygens (including phenoxy) is 4. The monoisotopic (exact) mass is 424 g/mol. The van der Waals surface area contributed by atoms with Crippen molar-refractivity contribution < 1.29 is 23.7 Å². The third kappa shape index (κ3) is 4.29. The van der Waals surface area contributed by atoms with Gasteiger partial charge in [0, 0.05) is 24.7 Å². The lowest BCUT2D eigenvalue weighted by Gasteiger charge is -2.31. The number of esters is 1. The predicted octanol–water partition coefficient (Wildman–Crippen LogP) is 5.53. The van der Waals surface area contributed by atoms with Gasteiger partial charge in [-0.05, 0) is 41.0 Å². The summed E-state index contributed by atoms with van der Waals surface area (Å²) in [6.07, 6.45) is 2.31. The third-order valence-electron chi connectivity index (χ3n) is 6.34. The molecule has 5 heteroatoms. The molecule has 0 spiro atoms. The van der Waals surface area contributed by atoms with Crippen LogP contribution in [-0.2, 0) is 20.7 Å². The molecule has 0 saturated carbocycles. The number of benzene rings is 2. The third-order valence-corrected chi connectivity index (χ3v) is 6.34. The van der Waals surface area contributed by atoms with E-state index in [1.54, 1.807) is 7.11 Å². The number of fused-ring (bicyclic) bond motifs is 2. The molecule has 3 atom stereocenters. The van der Waals surface area contributed by atoms with E-state index in [4.69, 9.17) is 18.9 Å². The van der Waals surface area contributed by atoms with Crippen LogP contribution in [0.5, 0.6) is 11.5 Å². The molecule has 2 aliphatic rings. The average Bonchev–Trinajstić information content (AvgIpc) is 3.32. The van der Waals surface area contributed by atoms with E-state index in [0.717, 1.165) is 29.9 Å². The van der Waals surface area contributed by atoms with Gasteiger partial charge in [-0.1, -0.05) is 45.0 Å². The van der Waals surface area contributed by atoms with Crippen molar-refractivity contribution in [3.63, 3.8) is 0 Å². The van der Waals surface area contributed by atoms with Crippen LogP contribution in [0.25, 0.3) is 0 Å². The molecule has 0 amide bonds. The lowest BCUT2D eigenvalue weighted by atomic mass is 9.82. The van der Waals surface area contributed by atoms with Gasteiger partial charge in [0.25, 0.3) is 0 Å². The predicted molar refractivity (Wildman–Crippen MR) is 119 cm³/mol. The molecule has 1 unspecified atom stereocenters. The van der Waals surface area contributed by atoms with Crippen molar-refractivity contribution in [1.29, 1.82) is 0 Å². The van der Waals surface area contributed by atoms with Crippen LogP contribution in [0, 0.1) is 5.41 Å². The van der Waals surface area contributed by atoms with Crippen LogP contribution < -0.4 is 9.47 Å². The molecule has 31 heavy (non-hydrogen) atoms. The van der Waals surface area contributed by atoms with E-state index in [2.05, 4.69) is 39.0 Å². The minimum atomic E-state index is -0.218. The Kier molecular flexibility index (Phi) is 5.98. The molecule has 166 valence electrons. The maximum Gasteiger partial charge on any atom is 0.306 e. The van der Waals surface area contributed by atoms with Gasteiger partial charge >= 0.3 is 5.97 Å². The van der Waals surface area contributed by atoms with Crippen LogP contribution >= 0.6 is 0 Å². The average molecular weight is 425 g/mol. The van der Waals surface area contributed by atoms with Crippen molar-refractivity contribution >= 4 is 5.97 Å². The Balaban J connectivity index is 1.53. The van der Waals surface area contributed by atoms with Gasteiger partial charge in [-0.3, -0.25) is 4.79 Å². The van der Waals surface area contributed by atoms with Crippen LogP contribution in [0.4, 0.5) is 0 Å². The minimum Gasteiger partial charge on any atom is -0.492 e. The maximum atomic E-state index is 11.6. The van der Waals surface area contributed by atoms with Crippen molar-refractivity contribution in [2.75, 3.05) is 20.8 Å². The second kappa shape index (κ2) is 8.54. The zero-order valence-electron chi connectivity index (χ0n) is 19.1. The zero-order valence-corrected chi connectivity index (χ0v) is 19.1. The first-order chi connectivity index (χ1) is 14.8. The van der Waals surface area contributed by atoms with E-state index in [1.165, 1.54) is 23.8 Å². The van der Waals surface area contributed by atoms with E-state index < -0.39 is 0 Å². The van der Waals surface area contributed by atoms with E-state index in [-0.39, 0.29) is 29.5 Å². The summed E-state index contributed by atoms with van der Waals surface area (Å²) < 4.78 is 22.9. The number of rotatable bonds is 6. The molecule has 5 nitrogen and oxygen atoms in total. The second-order valence-corrected chi connectivity index (χ2v) is 9.53. The summed E-state index contributed by atoms with van der Waals surface area (Å²) in [6.45, 7) is 7.12. The summed E-state index contributed by atoms with van der Waals surface area (Å²) in [5.74, 6) is 1.41. The first-order valence-corrected chi connectivity index (χ1v) is 11.0. The van der Waals surface area contributed by atoms with Gasteiger partial charge in [0.05, 0.1) is 26.2 Å². The maximum absolute atomic E-state index is 11.6. The molecule has 2 aromatic carbocycles. The quantitative estimate of drug-likeness (QED) is 0.571. The largest absolute Gasteiger partial charge is 0.492 e. The normalized spacial score (nSPS) is 20.5. The van der Waals surface area contributed by atoms with Gasteiger partial charge in [0.1, 0.15) is 17.6 Å². The molecular formula is C26H32O5. The molecule has 0 bridgehead atoms. The van der Waals surface area contributed by atoms with Crippen LogP contribution in [-0.4, -0.2) is 26.8 Å². The molecule has 0 fully saturated rings. The highest BCUT2D eigenvalue weighted by Gasteiger charge is 2.33. The Morgan fingerprint density at radius 1 is 1.16 bits per heavy atom. The van der Waals surface area contributed by atoms with Crippen molar-refractivity contribution in [2.24, 2.45) is 5.41 Å². The molecule has 1 heterocycles. The topological polar surface area (TPSA) is 54.0 Å². The molecule has 0 N–H and O–H groups in total. The Labute approximate surface area is 184 Å². The fourth-order valence-electron chi connectivity index (χ4n) is 4.91. The molecule has 4 rings (SSSR count). The number of carbonyl (C=O) groups is 1. The Bertz CT molecular complexity index is 959. The molecule has 2 aromatic rings. The number of hydrogen-bond acceptors (Lipinski definition) is 5. The lowest BCUT2D eigenvalue weighted by molar-refractivity contribution is -0.141. The summed E-state index contributed by atoms with van der Waals surface area (Å²) in [4.78, 5) is 11.6. The number of hydrogen-bond donors (Lipinski definition) is 0. The van der Waals surface area contributed by atoms with Crippen molar-refractivity contribution in [3.8, 4) is 11.5 Å². The molecule has 1 aliphatic heterocycles. The Hall–Kier alpha value is -2.53. The second-order valence-electron chi connectivity index (χ2n) is 9.53. The SMILES string of the molecule is COC(=O)C[C@@H]1COc2cc(O[C@@H]3CCc4c(C(OC)C(C)(C)C)cccc43)ccc21. The smallest absolute Gasteiger partial charge is 0.306 e. The molecule has 0 saturated heterocycles. The van der Waals surface area contributed by atoms with Crippen LogP contribution in [0.3, 0.4) is 0 Å². The molecule has 1 aliphatic carbocycles. The fraction of sp³-hybridized carbons (Fsp3) is 0.500. The van der Waals surface area contributed by atoms with E-state index in [1.807, 2.05) is 18.2 Å². The van der Waals surface area contributed by atoms with E-state index in [9.17, 15) is 4.79 Å². The molecular weight excluding hydrogens is 392 g/mol. The standard InChI is InChI=1S/C26H32O5/c1-26(2,3)25(29-5)21-8-6-7-20-19(21)11-12-22(20)31-17-9-10-18-16(13-24(27)28-4)15-30-23(18)14-17/h6-10,14,16,22,25H,11-13,15H2,1-5H3/t16-,22-,25?/m1/s1. The highest BCUT2D eigenvalue weighted by atomic mass is 16.5. The summed E-state index contributed by atoms with van der Waals surface area (Å²) >= 11 is 0. The van der Waals surface area contributed by atoms with Gasteiger partial charge in [-0.2, -0.15) is 0 Å². The van der Waals surface area contributed by atoms with Crippen LogP contribution in [0.2, 0.25) is 0 Å². The Morgan fingerprint density at radius 2 is 1.97 bits per heavy atom. The summed E-state index contributed by atoms with van der Waals surface area (Å²) in [5, 5.41) is 0.